The van der Waals surface area contributed by atoms with E-state index in [9.17, 15) is 14.9 Å². The van der Waals surface area contributed by atoms with Gasteiger partial charge in [0.2, 0.25) is 0 Å². The van der Waals surface area contributed by atoms with Gasteiger partial charge in [-0.15, -0.1) is 0 Å². The number of halogens is 1. The Morgan fingerprint density at radius 2 is 2.21 bits per heavy atom. The van der Waals surface area contributed by atoms with Gasteiger partial charge >= 0.3 is 5.97 Å². The van der Waals surface area contributed by atoms with Crippen molar-refractivity contribution in [3.05, 3.63) is 32.8 Å². The Morgan fingerprint density at radius 1 is 1.53 bits per heavy atom. The molecule has 19 heavy (non-hydrogen) atoms. The quantitative estimate of drug-likeness (QED) is 0.471. The lowest BCUT2D eigenvalue weighted by atomic mass is 10.2. The minimum atomic E-state index is -0.705. The molecule has 0 amide bonds. The van der Waals surface area contributed by atoms with E-state index < -0.39 is 17.0 Å². The summed E-state index contributed by atoms with van der Waals surface area (Å²) in [7, 11) is 1.30. The standard InChI is InChI=1S/C12H12BrNO5/c1-18-12(15)11(7-5-6-7)19-9-4-2-3-8(10(9)13)14(16)17/h2-4,7,11H,5-6H2,1H3. The monoisotopic (exact) mass is 329 g/mol. The van der Waals surface area contributed by atoms with Gasteiger partial charge < -0.3 is 9.47 Å². The second-order valence-electron chi connectivity index (χ2n) is 4.25. The van der Waals surface area contributed by atoms with Crippen LogP contribution in [0.1, 0.15) is 12.8 Å². The molecule has 102 valence electrons. The van der Waals surface area contributed by atoms with E-state index in [0.29, 0.717) is 0 Å². The average molecular weight is 330 g/mol. The second-order valence-corrected chi connectivity index (χ2v) is 5.04. The molecular formula is C12H12BrNO5. The largest absolute Gasteiger partial charge is 0.477 e. The van der Waals surface area contributed by atoms with Crippen molar-refractivity contribution in [1.82, 2.24) is 0 Å². The molecule has 1 aliphatic carbocycles. The molecule has 0 bridgehead atoms. The summed E-state index contributed by atoms with van der Waals surface area (Å²) >= 11 is 3.13. The fourth-order valence-corrected chi connectivity index (χ4v) is 2.22. The van der Waals surface area contributed by atoms with Crippen molar-refractivity contribution in [3.63, 3.8) is 0 Å². The number of hydrogen-bond donors (Lipinski definition) is 0. The van der Waals surface area contributed by atoms with E-state index in [1.54, 1.807) is 6.07 Å². The SMILES string of the molecule is COC(=O)C(Oc1cccc([N+](=O)[O-])c1Br)C1CC1. The Hall–Kier alpha value is -1.63. The summed E-state index contributed by atoms with van der Waals surface area (Å²) in [5, 5.41) is 10.8. The van der Waals surface area contributed by atoms with Gasteiger partial charge in [-0.3, -0.25) is 10.1 Å². The van der Waals surface area contributed by atoms with Gasteiger partial charge in [-0.1, -0.05) is 6.07 Å². The third-order valence-corrected chi connectivity index (χ3v) is 3.67. The van der Waals surface area contributed by atoms with Gasteiger partial charge in [0, 0.05) is 12.0 Å². The van der Waals surface area contributed by atoms with E-state index in [4.69, 9.17) is 9.47 Å². The summed E-state index contributed by atoms with van der Waals surface area (Å²) in [4.78, 5) is 21.9. The van der Waals surface area contributed by atoms with Gasteiger partial charge in [0.05, 0.1) is 12.0 Å². The predicted octanol–water partition coefficient (Wildman–Crippen LogP) is 2.69. The van der Waals surface area contributed by atoms with E-state index in [1.165, 1.54) is 19.2 Å². The maximum Gasteiger partial charge on any atom is 0.347 e. The van der Waals surface area contributed by atoms with Crippen LogP contribution in [-0.4, -0.2) is 24.1 Å². The van der Waals surface area contributed by atoms with Crippen molar-refractivity contribution in [2.24, 2.45) is 5.92 Å². The number of nitro groups is 1. The minimum absolute atomic E-state index is 0.100. The van der Waals surface area contributed by atoms with Crippen LogP contribution in [0.5, 0.6) is 5.75 Å². The minimum Gasteiger partial charge on any atom is -0.477 e. The van der Waals surface area contributed by atoms with Gasteiger partial charge in [-0.2, -0.15) is 0 Å². The topological polar surface area (TPSA) is 78.7 Å². The zero-order valence-electron chi connectivity index (χ0n) is 10.2. The van der Waals surface area contributed by atoms with Gasteiger partial charge in [-0.25, -0.2) is 4.79 Å². The van der Waals surface area contributed by atoms with Crippen molar-refractivity contribution in [1.29, 1.82) is 0 Å². The fraction of sp³-hybridized carbons (Fsp3) is 0.417. The summed E-state index contributed by atoms with van der Waals surface area (Å²) in [5.74, 6) is -0.0592. The summed E-state index contributed by atoms with van der Waals surface area (Å²) in [6.45, 7) is 0. The van der Waals surface area contributed by atoms with E-state index in [2.05, 4.69) is 15.9 Å². The molecule has 1 aromatic carbocycles. The van der Waals surface area contributed by atoms with Crippen molar-refractivity contribution in [2.45, 2.75) is 18.9 Å². The molecule has 2 rings (SSSR count). The van der Waals surface area contributed by atoms with Crippen molar-refractivity contribution in [3.8, 4) is 5.75 Å². The van der Waals surface area contributed by atoms with Crippen LogP contribution in [0, 0.1) is 16.0 Å². The molecule has 0 aromatic heterocycles. The number of ether oxygens (including phenoxy) is 2. The average Bonchev–Trinajstić information content (AvgIpc) is 3.20. The van der Waals surface area contributed by atoms with Crippen LogP contribution in [0.15, 0.2) is 22.7 Å². The first-order chi connectivity index (χ1) is 9.04. The van der Waals surface area contributed by atoms with Crippen LogP contribution < -0.4 is 4.74 Å². The highest BCUT2D eigenvalue weighted by Gasteiger charge is 2.39. The molecule has 0 saturated heterocycles. The maximum atomic E-state index is 11.6. The molecule has 1 atom stereocenters. The number of esters is 1. The van der Waals surface area contributed by atoms with Crippen LogP contribution in [-0.2, 0) is 9.53 Å². The molecule has 0 heterocycles. The first-order valence-corrected chi connectivity index (χ1v) is 6.51. The third-order valence-electron chi connectivity index (χ3n) is 2.88. The molecule has 0 spiro atoms. The molecule has 7 heteroatoms. The molecule has 6 nitrogen and oxygen atoms in total. The highest BCUT2D eigenvalue weighted by molar-refractivity contribution is 9.10. The number of carbonyl (C=O) groups excluding carboxylic acids is 1. The van der Waals surface area contributed by atoms with Crippen molar-refractivity contribution >= 4 is 27.6 Å². The lowest BCUT2D eigenvalue weighted by Crippen LogP contribution is -2.30. The zero-order chi connectivity index (χ0) is 14.0. The van der Waals surface area contributed by atoms with Gasteiger partial charge in [0.1, 0.15) is 10.2 Å². The van der Waals surface area contributed by atoms with Crippen LogP contribution in [0.3, 0.4) is 0 Å². The number of nitrogens with zero attached hydrogens (tertiary/aromatic N) is 1. The van der Waals surface area contributed by atoms with Gasteiger partial charge in [0.25, 0.3) is 5.69 Å². The number of carbonyl (C=O) groups is 1. The summed E-state index contributed by atoms with van der Waals surface area (Å²) in [5.41, 5.74) is -0.100. The Balaban J connectivity index is 2.24. The second kappa shape index (κ2) is 5.56. The first kappa shape index (κ1) is 13.8. The third kappa shape index (κ3) is 3.04. The molecule has 0 N–H and O–H groups in total. The number of methoxy groups -OCH3 is 1. The lowest BCUT2D eigenvalue weighted by Gasteiger charge is -2.17. The van der Waals surface area contributed by atoms with Crippen molar-refractivity contribution in [2.75, 3.05) is 7.11 Å². The van der Waals surface area contributed by atoms with Crippen LogP contribution in [0.25, 0.3) is 0 Å². The van der Waals surface area contributed by atoms with E-state index >= 15 is 0 Å². The molecule has 1 aliphatic rings. The van der Waals surface area contributed by atoms with Gasteiger partial charge in [-0.05, 0) is 34.8 Å². The van der Waals surface area contributed by atoms with Gasteiger partial charge in [0.15, 0.2) is 6.10 Å². The molecule has 1 saturated carbocycles. The molecule has 0 aliphatic heterocycles. The fourth-order valence-electron chi connectivity index (χ4n) is 1.72. The Labute approximate surface area is 118 Å². The smallest absolute Gasteiger partial charge is 0.347 e. The van der Waals surface area contributed by atoms with E-state index in [0.717, 1.165) is 12.8 Å². The Kier molecular flexibility index (Phi) is 4.04. The number of rotatable bonds is 5. The number of benzene rings is 1. The van der Waals surface area contributed by atoms with Crippen LogP contribution in [0.4, 0.5) is 5.69 Å². The van der Waals surface area contributed by atoms with Crippen LogP contribution >= 0.6 is 15.9 Å². The van der Waals surface area contributed by atoms with Crippen LogP contribution in [0.2, 0.25) is 0 Å². The summed E-state index contributed by atoms with van der Waals surface area (Å²) < 4.78 is 10.5. The van der Waals surface area contributed by atoms with E-state index in [1.807, 2.05) is 0 Å². The number of hydrogen-bond acceptors (Lipinski definition) is 5. The first-order valence-electron chi connectivity index (χ1n) is 5.72. The number of nitro benzene ring substituents is 1. The van der Waals surface area contributed by atoms with Crippen molar-refractivity contribution < 1.29 is 19.2 Å². The predicted molar refractivity (Wildman–Crippen MR) is 70.0 cm³/mol. The molecular weight excluding hydrogens is 318 g/mol. The molecule has 1 unspecified atom stereocenters. The maximum absolute atomic E-state index is 11.6. The Bertz CT molecular complexity index is 515. The molecule has 0 radical (unpaired) electrons. The normalized spacial score (nSPS) is 15.7. The summed E-state index contributed by atoms with van der Waals surface area (Å²) in [6, 6.07) is 4.45. The highest BCUT2D eigenvalue weighted by Crippen LogP contribution is 2.39. The van der Waals surface area contributed by atoms with E-state index in [-0.39, 0.29) is 21.8 Å². The Morgan fingerprint density at radius 3 is 2.74 bits per heavy atom. The zero-order valence-corrected chi connectivity index (χ0v) is 11.8. The summed E-state index contributed by atoms with van der Waals surface area (Å²) in [6.07, 6.45) is 1.09. The molecule has 1 aromatic rings. The highest BCUT2D eigenvalue weighted by atomic mass is 79.9. The molecule has 1 fully saturated rings. The lowest BCUT2D eigenvalue weighted by molar-refractivity contribution is -0.385.